The van der Waals surface area contributed by atoms with Crippen molar-refractivity contribution < 1.29 is 14.3 Å². The highest BCUT2D eigenvalue weighted by Gasteiger charge is 2.26. The third-order valence-electron chi connectivity index (χ3n) is 3.47. The van der Waals surface area contributed by atoms with Gasteiger partial charge in [0.05, 0.1) is 6.04 Å². The SMILES string of the molecule is NC(=O)/C=C\C1CCCCN1C(=O)OCc1ccccc1. The summed E-state index contributed by atoms with van der Waals surface area (Å²) in [7, 11) is 0. The molecule has 0 bridgehead atoms. The molecule has 1 saturated heterocycles. The van der Waals surface area contributed by atoms with Crippen molar-refractivity contribution in [2.75, 3.05) is 6.54 Å². The predicted molar refractivity (Wildman–Crippen MR) is 79.3 cm³/mol. The summed E-state index contributed by atoms with van der Waals surface area (Å²) in [4.78, 5) is 24.7. The molecule has 1 unspecified atom stereocenters. The van der Waals surface area contributed by atoms with E-state index in [0.717, 1.165) is 24.8 Å². The molecular weight excluding hydrogens is 268 g/mol. The minimum atomic E-state index is -0.502. The van der Waals surface area contributed by atoms with Crippen LogP contribution in [0.2, 0.25) is 0 Å². The van der Waals surface area contributed by atoms with Gasteiger partial charge in [0.15, 0.2) is 0 Å². The summed E-state index contributed by atoms with van der Waals surface area (Å²) in [5, 5.41) is 0. The fourth-order valence-corrected chi connectivity index (χ4v) is 2.39. The second-order valence-electron chi connectivity index (χ2n) is 5.06. The number of rotatable bonds is 4. The van der Waals surface area contributed by atoms with Crippen LogP contribution in [0.3, 0.4) is 0 Å². The lowest BCUT2D eigenvalue weighted by molar-refractivity contribution is -0.113. The van der Waals surface area contributed by atoms with E-state index in [1.807, 2.05) is 30.3 Å². The monoisotopic (exact) mass is 288 g/mol. The number of benzene rings is 1. The lowest BCUT2D eigenvalue weighted by atomic mass is 10.0. The zero-order valence-corrected chi connectivity index (χ0v) is 11.9. The first-order chi connectivity index (χ1) is 10.2. The molecule has 1 aliphatic rings. The van der Waals surface area contributed by atoms with Gasteiger partial charge in [-0.2, -0.15) is 0 Å². The topological polar surface area (TPSA) is 72.6 Å². The van der Waals surface area contributed by atoms with Crippen LogP contribution in [0.1, 0.15) is 24.8 Å². The van der Waals surface area contributed by atoms with Gasteiger partial charge >= 0.3 is 6.09 Å². The van der Waals surface area contributed by atoms with E-state index in [4.69, 9.17) is 10.5 Å². The van der Waals surface area contributed by atoms with Crippen LogP contribution < -0.4 is 5.73 Å². The number of amides is 2. The number of carbonyl (C=O) groups excluding carboxylic acids is 2. The Hall–Kier alpha value is -2.30. The second kappa shape index (κ2) is 7.47. The van der Waals surface area contributed by atoms with Crippen molar-refractivity contribution in [3.8, 4) is 0 Å². The summed E-state index contributed by atoms with van der Waals surface area (Å²) in [6.45, 7) is 0.893. The molecule has 0 radical (unpaired) electrons. The number of nitrogens with zero attached hydrogens (tertiary/aromatic N) is 1. The highest BCUT2D eigenvalue weighted by molar-refractivity contribution is 5.85. The van der Waals surface area contributed by atoms with Crippen LogP contribution in [0, 0.1) is 0 Å². The van der Waals surface area contributed by atoms with E-state index in [2.05, 4.69) is 0 Å². The normalized spacial score (nSPS) is 18.7. The lowest BCUT2D eigenvalue weighted by Gasteiger charge is -2.33. The van der Waals surface area contributed by atoms with Gasteiger partial charge in [0.1, 0.15) is 6.61 Å². The Morgan fingerprint density at radius 3 is 2.76 bits per heavy atom. The van der Waals surface area contributed by atoms with Gasteiger partial charge in [-0.15, -0.1) is 0 Å². The number of hydrogen-bond donors (Lipinski definition) is 1. The number of carbonyl (C=O) groups is 2. The zero-order valence-electron chi connectivity index (χ0n) is 11.9. The Balaban J connectivity index is 1.93. The molecule has 112 valence electrons. The highest BCUT2D eigenvalue weighted by atomic mass is 16.6. The molecular formula is C16H20N2O3. The molecule has 1 atom stereocenters. The van der Waals surface area contributed by atoms with Crippen molar-refractivity contribution in [3.05, 3.63) is 48.0 Å². The van der Waals surface area contributed by atoms with Crippen LogP contribution in [-0.4, -0.2) is 29.5 Å². The first kappa shape index (κ1) is 15.1. The van der Waals surface area contributed by atoms with Gasteiger partial charge in [-0.05, 0) is 24.8 Å². The Morgan fingerprint density at radius 1 is 1.29 bits per heavy atom. The highest BCUT2D eigenvalue weighted by Crippen LogP contribution is 2.19. The molecule has 2 amide bonds. The number of nitrogens with two attached hydrogens (primary N) is 1. The molecule has 0 saturated carbocycles. The summed E-state index contributed by atoms with van der Waals surface area (Å²) in [6, 6.07) is 9.43. The number of hydrogen-bond acceptors (Lipinski definition) is 3. The van der Waals surface area contributed by atoms with E-state index in [1.165, 1.54) is 6.08 Å². The summed E-state index contributed by atoms with van der Waals surface area (Å²) in [5.74, 6) is -0.502. The molecule has 1 aromatic carbocycles. The van der Waals surface area contributed by atoms with Gasteiger partial charge in [-0.25, -0.2) is 4.79 Å². The Kier molecular flexibility index (Phi) is 5.37. The molecule has 1 aromatic rings. The molecule has 0 aromatic heterocycles. The molecule has 1 heterocycles. The first-order valence-corrected chi connectivity index (χ1v) is 7.12. The maximum absolute atomic E-state index is 12.2. The van der Waals surface area contributed by atoms with Gasteiger partial charge in [0, 0.05) is 12.6 Å². The summed E-state index contributed by atoms with van der Waals surface area (Å²) in [6.07, 6.45) is 5.44. The predicted octanol–water partition coefficient (Wildman–Crippen LogP) is 2.22. The third-order valence-corrected chi connectivity index (χ3v) is 3.47. The van der Waals surface area contributed by atoms with Crippen LogP contribution in [0.5, 0.6) is 0 Å². The average molecular weight is 288 g/mol. The van der Waals surface area contributed by atoms with E-state index in [1.54, 1.807) is 11.0 Å². The fourth-order valence-electron chi connectivity index (χ4n) is 2.39. The van der Waals surface area contributed by atoms with Crippen molar-refractivity contribution in [2.24, 2.45) is 5.73 Å². The lowest BCUT2D eigenvalue weighted by Crippen LogP contribution is -2.43. The van der Waals surface area contributed by atoms with Gasteiger partial charge in [0.2, 0.25) is 5.91 Å². The quantitative estimate of drug-likeness (QED) is 0.863. The van der Waals surface area contributed by atoms with Crippen molar-refractivity contribution >= 4 is 12.0 Å². The van der Waals surface area contributed by atoms with Crippen molar-refractivity contribution in [3.63, 3.8) is 0 Å². The number of piperidine rings is 1. The molecule has 2 N–H and O–H groups in total. The van der Waals surface area contributed by atoms with E-state index in [9.17, 15) is 9.59 Å². The minimum absolute atomic E-state index is 0.116. The van der Waals surface area contributed by atoms with Crippen LogP contribution >= 0.6 is 0 Å². The molecule has 1 fully saturated rings. The average Bonchev–Trinajstić information content (AvgIpc) is 2.52. The van der Waals surface area contributed by atoms with Gasteiger partial charge in [-0.1, -0.05) is 36.4 Å². The van der Waals surface area contributed by atoms with Crippen molar-refractivity contribution in [1.29, 1.82) is 0 Å². The number of likely N-dealkylation sites (tertiary alicyclic amines) is 1. The molecule has 0 aliphatic carbocycles. The largest absolute Gasteiger partial charge is 0.445 e. The first-order valence-electron chi connectivity index (χ1n) is 7.12. The van der Waals surface area contributed by atoms with Crippen LogP contribution in [0.15, 0.2) is 42.5 Å². The summed E-state index contributed by atoms with van der Waals surface area (Å²) >= 11 is 0. The van der Waals surface area contributed by atoms with Gasteiger partial charge in [0.25, 0.3) is 0 Å². The van der Waals surface area contributed by atoms with Crippen LogP contribution in [-0.2, 0) is 16.1 Å². The maximum atomic E-state index is 12.2. The molecule has 5 nitrogen and oxygen atoms in total. The van der Waals surface area contributed by atoms with Gasteiger partial charge in [-0.3, -0.25) is 4.79 Å². The fraction of sp³-hybridized carbons (Fsp3) is 0.375. The summed E-state index contributed by atoms with van der Waals surface area (Å²) < 4.78 is 5.34. The number of ether oxygens (including phenoxy) is 1. The molecule has 2 rings (SSSR count). The zero-order chi connectivity index (χ0) is 15.1. The van der Waals surface area contributed by atoms with Crippen LogP contribution in [0.4, 0.5) is 4.79 Å². The second-order valence-corrected chi connectivity index (χ2v) is 5.06. The maximum Gasteiger partial charge on any atom is 0.410 e. The Morgan fingerprint density at radius 2 is 2.05 bits per heavy atom. The van der Waals surface area contributed by atoms with Gasteiger partial charge < -0.3 is 15.4 Å². The van der Waals surface area contributed by atoms with Crippen molar-refractivity contribution in [2.45, 2.75) is 31.9 Å². The molecule has 21 heavy (non-hydrogen) atoms. The van der Waals surface area contributed by atoms with Crippen LogP contribution in [0.25, 0.3) is 0 Å². The Bertz CT molecular complexity index is 514. The summed E-state index contributed by atoms with van der Waals surface area (Å²) in [5.41, 5.74) is 6.06. The smallest absolute Gasteiger partial charge is 0.410 e. The van der Waals surface area contributed by atoms with E-state index in [0.29, 0.717) is 6.54 Å². The third kappa shape index (κ3) is 4.63. The van der Waals surface area contributed by atoms with Crippen molar-refractivity contribution in [1.82, 2.24) is 4.90 Å². The van der Waals surface area contributed by atoms with E-state index >= 15 is 0 Å². The standard InChI is InChI=1S/C16H20N2O3/c17-15(19)10-9-14-8-4-5-11-18(14)16(20)21-12-13-6-2-1-3-7-13/h1-3,6-7,9-10,14H,4-5,8,11-12H2,(H2,17,19)/b10-9-. The van der Waals surface area contributed by atoms with E-state index < -0.39 is 5.91 Å². The minimum Gasteiger partial charge on any atom is -0.445 e. The van der Waals surface area contributed by atoms with E-state index in [-0.39, 0.29) is 18.7 Å². The number of primary amides is 1. The molecule has 5 heteroatoms. The molecule has 0 spiro atoms. The Labute approximate surface area is 124 Å². The molecule has 1 aliphatic heterocycles.